The van der Waals surface area contributed by atoms with Crippen LogP contribution >= 0.6 is 0 Å². The van der Waals surface area contributed by atoms with Crippen LogP contribution in [0.5, 0.6) is 0 Å². The van der Waals surface area contributed by atoms with E-state index in [9.17, 15) is 9.90 Å². The van der Waals surface area contributed by atoms with Crippen molar-refractivity contribution in [2.24, 2.45) is 44.5 Å². The molecule has 0 spiro atoms. The number of Topliss-reactive ketones (excluding diaryl/α,β-unsaturated/α-hetero) is 1. The molecule has 138 valence electrons. The minimum atomic E-state index is -0.117. The summed E-state index contributed by atoms with van der Waals surface area (Å²) < 4.78 is 0. The third-order valence-electron chi connectivity index (χ3n) is 8.64. The Labute approximate surface area is 151 Å². The zero-order valence-electron chi connectivity index (χ0n) is 15.9. The summed E-state index contributed by atoms with van der Waals surface area (Å²) >= 11 is 0. The number of carbonyl (C=O) groups is 1. The van der Waals surface area contributed by atoms with E-state index in [1.54, 1.807) is 0 Å². The fourth-order valence-electron chi connectivity index (χ4n) is 7.18. The van der Waals surface area contributed by atoms with Crippen molar-refractivity contribution in [1.29, 1.82) is 0 Å². The van der Waals surface area contributed by atoms with Crippen LogP contribution < -0.4 is 0 Å². The molecule has 4 aliphatic rings. The van der Waals surface area contributed by atoms with Crippen molar-refractivity contribution in [2.45, 2.75) is 58.3 Å². The summed E-state index contributed by atoms with van der Waals surface area (Å²) in [6.45, 7) is 2.47. The highest BCUT2D eigenvalue weighted by molar-refractivity contribution is 5.96. The average Bonchev–Trinajstić information content (AvgIpc) is 2.95. The summed E-state index contributed by atoms with van der Waals surface area (Å²) in [5.74, 6) is 2.37. The van der Waals surface area contributed by atoms with Gasteiger partial charge in [0.25, 0.3) is 0 Å². The summed E-state index contributed by atoms with van der Waals surface area (Å²) in [6.07, 6.45) is 7.93. The van der Waals surface area contributed by atoms with Gasteiger partial charge in [-0.25, -0.2) is 0 Å². The molecule has 0 aromatic rings. The number of ketones is 1. The van der Waals surface area contributed by atoms with E-state index in [1.807, 2.05) is 14.1 Å². The van der Waals surface area contributed by atoms with Gasteiger partial charge in [-0.1, -0.05) is 6.92 Å². The first kappa shape index (κ1) is 17.4. The van der Waals surface area contributed by atoms with Gasteiger partial charge < -0.3 is 5.11 Å². The van der Waals surface area contributed by atoms with Gasteiger partial charge in [0.2, 0.25) is 0 Å². The van der Waals surface area contributed by atoms with Crippen LogP contribution in [0.3, 0.4) is 0 Å². The third kappa shape index (κ3) is 2.25. The van der Waals surface area contributed by atoms with Crippen molar-refractivity contribution in [2.75, 3.05) is 20.7 Å². The number of rotatable bonds is 1. The molecule has 4 saturated carbocycles. The second kappa shape index (κ2) is 6.00. The van der Waals surface area contributed by atoms with Crippen LogP contribution in [0.4, 0.5) is 0 Å². The van der Waals surface area contributed by atoms with Crippen LogP contribution in [0, 0.1) is 34.5 Å². The lowest BCUT2D eigenvalue weighted by atomic mass is 9.44. The van der Waals surface area contributed by atoms with Crippen molar-refractivity contribution in [3.8, 4) is 0 Å². The molecule has 4 nitrogen and oxygen atoms in total. The van der Waals surface area contributed by atoms with E-state index in [-0.39, 0.29) is 17.4 Å². The van der Waals surface area contributed by atoms with Gasteiger partial charge in [-0.3, -0.25) is 14.8 Å². The highest BCUT2D eigenvalue weighted by Gasteiger charge is 2.62. The minimum Gasteiger partial charge on any atom is -0.396 e. The molecular weight excluding hydrogens is 312 g/mol. The summed E-state index contributed by atoms with van der Waals surface area (Å²) in [6, 6.07) is 0. The molecule has 5 unspecified atom stereocenters. The Hall–Kier alpha value is -1.03. The molecule has 0 radical (unpaired) electrons. The molecule has 0 saturated heterocycles. The van der Waals surface area contributed by atoms with Crippen LogP contribution in [-0.2, 0) is 4.79 Å². The van der Waals surface area contributed by atoms with E-state index in [1.165, 1.54) is 11.4 Å². The first-order valence-electron chi connectivity index (χ1n) is 10.0. The van der Waals surface area contributed by atoms with Crippen LogP contribution in [0.2, 0.25) is 0 Å². The quantitative estimate of drug-likeness (QED) is 0.793. The minimum absolute atomic E-state index is 0.0427. The molecule has 25 heavy (non-hydrogen) atoms. The number of aliphatic imine (C=N–C) groups is 2. The number of hydrogen-bond acceptors (Lipinski definition) is 4. The first-order chi connectivity index (χ1) is 12.0. The van der Waals surface area contributed by atoms with Crippen molar-refractivity contribution in [3.63, 3.8) is 0 Å². The zero-order valence-corrected chi connectivity index (χ0v) is 15.9. The molecule has 0 heterocycles. The van der Waals surface area contributed by atoms with E-state index in [0.717, 1.165) is 51.4 Å². The van der Waals surface area contributed by atoms with E-state index in [0.29, 0.717) is 29.5 Å². The molecule has 0 bridgehead atoms. The summed E-state index contributed by atoms with van der Waals surface area (Å²) in [5, 5.41) is 10.6. The van der Waals surface area contributed by atoms with Crippen molar-refractivity contribution in [1.82, 2.24) is 0 Å². The molecule has 4 rings (SSSR count). The molecule has 4 aliphatic carbocycles. The van der Waals surface area contributed by atoms with Gasteiger partial charge in [0.05, 0.1) is 0 Å². The van der Waals surface area contributed by atoms with E-state index in [4.69, 9.17) is 4.99 Å². The van der Waals surface area contributed by atoms with Gasteiger partial charge in [-0.2, -0.15) is 0 Å². The number of nitrogens with zero attached hydrogens (tertiary/aromatic N) is 2. The molecule has 0 amide bonds. The predicted molar refractivity (Wildman–Crippen MR) is 100 cm³/mol. The molecule has 0 aromatic heterocycles. The number of aliphatic hydroxyl groups is 1. The maximum absolute atomic E-state index is 12.6. The molecule has 1 N–H and O–H groups in total. The number of hydrogen-bond donors (Lipinski definition) is 1. The van der Waals surface area contributed by atoms with Crippen molar-refractivity contribution >= 4 is 17.2 Å². The van der Waals surface area contributed by atoms with Gasteiger partial charge in [0.1, 0.15) is 5.78 Å². The number of aliphatic hydroxyl groups excluding tert-OH is 1. The Morgan fingerprint density at radius 3 is 2.56 bits per heavy atom. The maximum Gasteiger partial charge on any atom is 0.139 e. The highest BCUT2D eigenvalue weighted by atomic mass is 16.3. The molecule has 0 aromatic carbocycles. The first-order valence-corrected chi connectivity index (χ1v) is 10.0. The second-order valence-electron chi connectivity index (χ2n) is 9.15. The van der Waals surface area contributed by atoms with Crippen LogP contribution in [-0.4, -0.2) is 43.0 Å². The summed E-state index contributed by atoms with van der Waals surface area (Å²) in [7, 11) is 3.81. The molecular formula is C21H32N2O2. The van der Waals surface area contributed by atoms with Gasteiger partial charge >= 0.3 is 0 Å². The lowest BCUT2D eigenvalue weighted by molar-refractivity contribution is -0.135. The van der Waals surface area contributed by atoms with Crippen LogP contribution in [0.15, 0.2) is 9.98 Å². The van der Waals surface area contributed by atoms with Crippen LogP contribution in [0.1, 0.15) is 58.3 Å². The highest BCUT2D eigenvalue weighted by Crippen LogP contribution is 2.64. The second-order valence-corrected chi connectivity index (χ2v) is 9.15. The standard InChI is InChI=1S/C21H32N2O2/c1-20-8-7-16-14(15(20)4-5-19(20)25)11-18(23-3)17-10-13(22-2)6-9-21(16,17)12-24/h14-17,24H,4-12H2,1-3H3/t14?,15?,16?,17?,20-,21?/m0/s1. The van der Waals surface area contributed by atoms with Gasteiger partial charge in [0.15, 0.2) is 0 Å². The number of carbonyl (C=O) groups excluding carboxylic acids is 1. The molecule has 6 atom stereocenters. The zero-order chi connectivity index (χ0) is 17.8. The fraction of sp³-hybridized carbons (Fsp3) is 0.857. The lowest BCUT2D eigenvalue weighted by Crippen LogP contribution is -2.59. The molecule has 4 heteroatoms. The average molecular weight is 344 g/mol. The Morgan fingerprint density at radius 1 is 1.08 bits per heavy atom. The lowest BCUT2D eigenvalue weighted by Gasteiger charge is -2.60. The van der Waals surface area contributed by atoms with Gasteiger partial charge in [-0.05, 0) is 62.7 Å². The molecule has 4 fully saturated rings. The van der Waals surface area contributed by atoms with Crippen molar-refractivity contribution < 1.29 is 9.90 Å². The van der Waals surface area contributed by atoms with Crippen LogP contribution in [0.25, 0.3) is 0 Å². The smallest absolute Gasteiger partial charge is 0.139 e. The monoisotopic (exact) mass is 344 g/mol. The fourth-order valence-corrected chi connectivity index (χ4v) is 7.18. The summed E-state index contributed by atoms with van der Waals surface area (Å²) in [4.78, 5) is 21.8. The Bertz CT molecular complexity index is 640. The Balaban J connectivity index is 1.75. The van der Waals surface area contributed by atoms with Crippen molar-refractivity contribution in [3.05, 3.63) is 0 Å². The van der Waals surface area contributed by atoms with Gasteiger partial charge in [0, 0.05) is 55.3 Å². The SMILES string of the molecule is CN=C1CCC2(CO)C(C1)C(=NC)CC1C2CC[C@]2(C)C(=O)CCC12. The largest absolute Gasteiger partial charge is 0.396 e. The Kier molecular flexibility index (Phi) is 4.18. The third-order valence-corrected chi connectivity index (χ3v) is 8.64. The van der Waals surface area contributed by atoms with Gasteiger partial charge in [-0.15, -0.1) is 0 Å². The Morgan fingerprint density at radius 2 is 1.88 bits per heavy atom. The maximum atomic E-state index is 12.6. The predicted octanol–water partition coefficient (Wildman–Crippen LogP) is 3.32. The molecule has 0 aliphatic heterocycles. The van der Waals surface area contributed by atoms with E-state index < -0.39 is 0 Å². The normalized spacial score (nSPS) is 49.8. The topological polar surface area (TPSA) is 62.0 Å². The summed E-state index contributed by atoms with van der Waals surface area (Å²) in [5.41, 5.74) is 2.40. The van der Waals surface area contributed by atoms with E-state index >= 15 is 0 Å². The van der Waals surface area contributed by atoms with E-state index in [2.05, 4.69) is 11.9 Å². The number of fused-ring (bicyclic) bond motifs is 5.